The molecule has 0 aliphatic carbocycles. The third-order valence-electron chi connectivity index (χ3n) is 2.94. The van der Waals surface area contributed by atoms with Gasteiger partial charge >= 0.3 is 0 Å². The van der Waals surface area contributed by atoms with E-state index in [4.69, 9.17) is 16.9 Å². The van der Waals surface area contributed by atoms with Crippen LogP contribution >= 0.6 is 0 Å². The molecule has 1 aromatic heterocycles. The van der Waals surface area contributed by atoms with E-state index < -0.39 is 11.8 Å². The van der Waals surface area contributed by atoms with Crippen molar-refractivity contribution in [1.82, 2.24) is 9.97 Å². The number of carbonyl (C=O) groups is 2. The first-order valence-corrected chi connectivity index (χ1v) is 7.34. The first-order chi connectivity index (χ1) is 12.5. The lowest BCUT2D eigenvalue weighted by Crippen LogP contribution is -2.23. The largest absolute Gasteiger partial charge is 0.368 e. The minimum atomic E-state index is -0.709. The lowest BCUT2D eigenvalue weighted by atomic mass is 10.2. The van der Waals surface area contributed by atoms with Gasteiger partial charge in [0.05, 0.1) is 18.4 Å². The van der Waals surface area contributed by atoms with Crippen molar-refractivity contribution in [3.05, 3.63) is 36.0 Å². The summed E-state index contributed by atoms with van der Waals surface area (Å²) >= 11 is 0. The Bertz CT molecular complexity index is 851. The van der Waals surface area contributed by atoms with E-state index in [1.165, 1.54) is 12.4 Å². The third kappa shape index (κ3) is 5.26. The highest BCUT2D eigenvalue weighted by Crippen LogP contribution is 2.22. The van der Waals surface area contributed by atoms with Crippen LogP contribution in [0, 0.1) is 5.41 Å². The van der Waals surface area contributed by atoms with Crippen LogP contribution < -0.4 is 27.5 Å². The standard InChI is InChI=1S/C15H17N9O2/c16-4-5-21-24-10-3-1-2-9(6-10)22-14-11(13(18)26)7-19-15(23-14)20-8-12(17)25/h1-7,16,24H,8H2,(H2,17,25)(H2,18,26)(H2,19,20,22,23)/b16-4?,21-5-. The van der Waals surface area contributed by atoms with Gasteiger partial charge in [0.1, 0.15) is 11.4 Å². The molecule has 26 heavy (non-hydrogen) atoms. The Hall–Kier alpha value is -4.02. The van der Waals surface area contributed by atoms with Crippen molar-refractivity contribution in [3.8, 4) is 0 Å². The predicted octanol–water partition coefficient (Wildman–Crippen LogP) is 0.264. The van der Waals surface area contributed by atoms with Crippen LogP contribution in [0.1, 0.15) is 10.4 Å². The quantitative estimate of drug-likeness (QED) is 0.275. The summed E-state index contributed by atoms with van der Waals surface area (Å²) in [5.74, 6) is -1.01. The Labute approximate surface area is 148 Å². The lowest BCUT2D eigenvalue weighted by molar-refractivity contribution is -0.116. The van der Waals surface area contributed by atoms with E-state index in [-0.39, 0.29) is 23.9 Å². The number of hydrazone groups is 1. The monoisotopic (exact) mass is 355 g/mol. The summed E-state index contributed by atoms with van der Waals surface area (Å²) in [7, 11) is 0. The molecule has 1 heterocycles. The Balaban J connectivity index is 2.25. The Morgan fingerprint density at radius 3 is 2.73 bits per heavy atom. The van der Waals surface area contributed by atoms with Crippen LogP contribution in [-0.2, 0) is 4.79 Å². The molecule has 2 rings (SSSR count). The van der Waals surface area contributed by atoms with Crippen LogP contribution in [0.4, 0.5) is 23.1 Å². The molecular weight excluding hydrogens is 338 g/mol. The molecule has 1 aromatic carbocycles. The van der Waals surface area contributed by atoms with Gasteiger partial charge in [-0.1, -0.05) is 6.07 Å². The highest BCUT2D eigenvalue weighted by atomic mass is 16.1. The van der Waals surface area contributed by atoms with Crippen molar-refractivity contribution in [3.63, 3.8) is 0 Å². The third-order valence-corrected chi connectivity index (χ3v) is 2.94. The fraction of sp³-hybridized carbons (Fsp3) is 0.0667. The molecule has 0 radical (unpaired) electrons. The molecule has 0 spiro atoms. The smallest absolute Gasteiger partial charge is 0.254 e. The van der Waals surface area contributed by atoms with E-state index in [2.05, 4.69) is 31.1 Å². The second-order valence-corrected chi connectivity index (χ2v) is 4.90. The van der Waals surface area contributed by atoms with Crippen molar-refractivity contribution < 1.29 is 9.59 Å². The second kappa shape index (κ2) is 8.73. The van der Waals surface area contributed by atoms with Gasteiger partial charge in [-0.05, 0) is 18.2 Å². The van der Waals surface area contributed by atoms with Gasteiger partial charge < -0.3 is 27.5 Å². The zero-order chi connectivity index (χ0) is 18.9. The molecule has 11 nitrogen and oxygen atoms in total. The summed E-state index contributed by atoms with van der Waals surface area (Å²) < 4.78 is 0. The van der Waals surface area contributed by atoms with Crippen LogP contribution in [0.3, 0.4) is 0 Å². The van der Waals surface area contributed by atoms with Crippen LogP contribution in [0.2, 0.25) is 0 Å². The van der Waals surface area contributed by atoms with E-state index in [1.807, 2.05) is 0 Å². The average molecular weight is 355 g/mol. The summed E-state index contributed by atoms with van der Waals surface area (Å²) in [6.07, 6.45) is 3.57. The summed E-state index contributed by atoms with van der Waals surface area (Å²) in [6.45, 7) is -0.153. The Morgan fingerprint density at radius 1 is 1.27 bits per heavy atom. The number of nitrogens with zero attached hydrogens (tertiary/aromatic N) is 3. The van der Waals surface area contributed by atoms with Gasteiger partial charge in [0.15, 0.2) is 0 Å². The molecule has 134 valence electrons. The highest BCUT2D eigenvalue weighted by Gasteiger charge is 2.13. The normalized spacial score (nSPS) is 10.3. The number of nitrogens with one attached hydrogen (secondary N) is 4. The first kappa shape index (κ1) is 18.3. The summed E-state index contributed by atoms with van der Waals surface area (Å²) in [4.78, 5) is 30.5. The van der Waals surface area contributed by atoms with Crippen molar-refractivity contribution in [2.75, 3.05) is 22.6 Å². The number of anilines is 4. The molecule has 2 amide bonds. The molecule has 2 aromatic rings. The molecule has 0 unspecified atom stereocenters. The lowest BCUT2D eigenvalue weighted by Gasteiger charge is -2.12. The summed E-state index contributed by atoms with van der Waals surface area (Å²) in [5.41, 5.74) is 14.5. The number of carbonyl (C=O) groups excluding carboxylic acids is 2. The number of aromatic nitrogens is 2. The second-order valence-electron chi connectivity index (χ2n) is 4.90. The molecule has 0 aliphatic heterocycles. The van der Waals surface area contributed by atoms with E-state index in [0.29, 0.717) is 11.4 Å². The summed E-state index contributed by atoms with van der Waals surface area (Å²) in [6, 6.07) is 6.98. The van der Waals surface area contributed by atoms with Crippen molar-refractivity contribution in [2.45, 2.75) is 0 Å². The first-order valence-electron chi connectivity index (χ1n) is 7.34. The molecule has 0 aliphatic rings. The highest BCUT2D eigenvalue weighted by molar-refractivity contribution is 6.14. The number of nitrogens with two attached hydrogens (primary N) is 2. The molecule has 8 N–H and O–H groups in total. The van der Waals surface area contributed by atoms with Crippen molar-refractivity contribution in [2.24, 2.45) is 16.6 Å². The van der Waals surface area contributed by atoms with Gasteiger partial charge in [-0.3, -0.25) is 15.0 Å². The van der Waals surface area contributed by atoms with Gasteiger partial charge in [-0.25, -0.2) is 4.98 Å². The van der Waals surface area contributed by atoms with Crippen LogP contribution in [0.15, 0.2) is 35.6 Å². The van der Waals surface area contributed by atoms with Gasteiger partial charge in [-0.15, -0.1) is 0 Å². The molecule has 0 saturated carbocycles. The maximum Gasteiger partial charge on any atom is 0.254 e. The number of rotatable bonds is 9. The van der Waals surface area contributed by atoms with Gasteiger partial charge in [0.2, 0.25) is 11.9 Å². The SMILES string of the molecule is N=C/C=N\Nc1cccc(Nc2nc(NCC(N)=O)ncc2C(N)=O)c1. The molecule has 11 heteroatoms. The zero-order valence-electron chi connectivity index (χ0n) is 13.6. The number of benzene rings is 1. The van der Waals surface area contributed by atoms with Crippen molar-refractivity contribution >= 4 is 47.4 Å². The van der Waals surface area contributed by atoms with Crippen LogP contribution in [-0.4, -0.2) is 40.8 Å². The summed E-state index contributed by atoms with van der Waals surface area (Å²) in [5, 5.41) is 16.3. The van der Waals surface area contributed by atoms with E-state index in [1.54, 1.807) is 24.3 Å². The van der Waals surface area contributed by atoms with E-state index >= 15 is 0 Å². The topological polar surface area (TPSA) is 184 Å². The van der Waals surface area contributed by atoms with Crippen molar-refractivity contribution in [1.29, 1.82) is 5.41 Å². The number of amides is 2. The minimum Gasteiger partial charge on any atom is -0.368 e. The molecule has 0 saturated heterocycles. The minimum absolute atomic E-state index is 0.0785. The number of hydrogen-bond donors (Lipinski definition) is 6. The van der Waals surface area contributed by atoms with Gasteiger partial charge in [0.25, 0.3) is 5.91 Å². The number of primary amides is 2. The van der Waals surface area contributed by atoms with Gasteiger partial charge in [-0.2, -0.15) is 10.1 Å². The molecule has 0 atom stereocenters. The zero-order valence-corrected chi connectivity index (χ0v) is 13.6. The average Bonchev–Trinajstić information content (AvgIpc) is 2.60. The molecule has 0 fully saturated rings. The maximum absolute atomic E-state index is 11.6. The Morgan fingerprint density at radius 2 is 2.04 bits per heavy atom. The maximum atomic E-state index is 11.6. The fourth-order valence-corrected chi connectivity index (χ4v) is 1.86. The van der Waals surface area contributed by atoms with Crippen LogP contribution in [0.25, 0.3) is 0 Å². The van der Waals surface area contributed by atoms with Gasteiger partial charge in [0, 0.05) is 18.1 Å². The fourth-order valence-electron chi connectivity index (χ4n) is 1.86. The predicted molar refractivity (Wildman–Crippen MR) is 98.9 cm³/mol. The number of hydrogen-bond acceptors (Lipinski definition) is 9. The van der Waals surface area contributed by atoms with Crippen LogP contribution in [0.5, 0.6) is 0 Å². The van der Waals surface area contributed by atoms with E-state index in [0.717, 1.165) is 6.21 Å². The molecule has 0 bridgehead atoms. The van der Waals surface area contributed by atoms with E-state index in [9.17, 15) is 9.59 Å². The Kier molecular flexibility index (Phi) is 6.15. The molecular formula is C15H17N9O2.